The summed E-state index contributed by atoms with van der Waals surface area (Å²) >= 11 is 3.89. The van der Waals surface area contributed by atoms with Crippen molar-refractivity contribution in [2.75, 3.05) is 9.80 Å². The smallest absolute Gasteiger partial charge is 0.0493 e. The number of benzene rings is 6. The maximum Gasteiger partial charge on any atom is 0.0493 e. The van der Waals surface area contributed by atoms with Crippen LogP contribution in [0.3, 0.4) is 0 Å². The number of hydrogen-bond donors (Lipinski definition) is 0. The van der Waals surface area contributed by atoms with Gasteiger partial charge in [0.05, 0.1) is 0 Å². The molecule has 0 saturated carbocycles. The van der Waals surface area contributed by atoms with E-state index in [0.717, 1.165) is 38.6 Å². The summed E-state index contributed by atoms with van der Waals surface area (Å²) in [5, 5.41) is 0. The molecule has 1 aliphatic rings. The highest BCUT2D eigenvalue weighted by Gasteiger charge is 2.35. The molecule has 210 valence electrons. The van der Waals surface area contributed by atoms with Gasteiger partial charge < -0.3 is 9.80 Å². The Morgan fingerprint density at radius 1 is 0.442 bits per heavy atom. The maximum absolute atomic E-state index is 3.89. The van der Waals surface area contributed by atoms with E-state index in [2.05, 4.69) is 192 Å². The van der Waals surface area contributed by atoms with Crippen molar-refractivity contribution >= 4 is 50.1 Å². The zero-order valence-corrected chi connectivity index (χ0v) is 26.2. The van der Waals surface area contributed by atoms with Crippen LogP contribution in [0.4, 0.5) is 34.1 Å². The fraction of sp³-hybridized carbons (Fsp3) is 0.100. The van der Waals surface area contributed by atoms with E-state index in [-0.39, 0.29) is 5.41 Å². The first kappa shape index (κ1) is 27.2. The Morgan fingerprint density at radius 2 is 0.930 bits per heavy atom. The van der Waals surface area contributed by atoms with Crippen LogP contribution in [0.1, 0.15) is 30.5 Å². The van der Waals surface area contributed by atoms with Gasteiger partial charge in [-0.3, -0.25) is 0 Å². The largest absolute Gasteiger partial charge is 0.310 e. The molecule has 0 fully saturated rings. The predicted molar refractivity (Wildman–Crippen MR) is 186 cm³/mol. The molecular weight excluding hydrogens is 588 g/mol. The Labute approximate surface area is 263 Å². The molecule has 0 amide bonds. The lowest BCUT2D eigenvalue weighted by molar-refractivity contribution is 0.660. The van der Waals surface area contributed by atoms with Gasteiger partial charge in [0.1, 0.15) is 0 Å². The van der Waals surface area contributed by atoms with E-state index in [1.807, 2.05) is 0 Å². The molecule has 0 saturated heterocycles. The van der Waals surface area contributed by atoms with Gasteiger partial charge in [0.2, 0.25) is 0 Å². The molecule has 6 aromatic rings. The third-order valence-electron chi connectivity index (χ3n) is 8.53. The molecule has 6 aromatic carbocycles. The summed E-state index contributed by atoms with van der Waals surface area (Å²) in [7, 11) is 0. The normalized spacial score (nSPS) is 12.8. The second-order valence-corrected chi connectivity index (χ2v) is 12.7. The summed E-state index contributed by atoms with van der Waals surface area (Å²) in [4.78, 5) is 4.69. The van der Waals surface area contributed by atoms with Gasteiger partial charge in [-0.05, 0) is 95.9 Å². The quantitative estimate of drug-likeness (QED) is 0.183. The summed E-state index contributed by atoms with van der Waals surface area (Å²) in [5.74, 6) is 0. The lowest BCUT2D eigenvalue weighted by Gasteiger charge is -2.30. The third kappa shape index (κ3) is 4.94. The van der Waals surface area contributed by atoms with Gasteiger partial charge in [0, 0.05) is 44.0 Å². The Balaban J connectivity index is 1.41. The van der Waals surface area contributed by atoms with E-state index in [1.54, 1.807) is 0 Å². The van der Waals surface area contributed by atoms with Crippen LogP contribution >= 0.6 is 15.9 Å². The van der Waals surface area contributed by atoms with Gasteiger partial charge in [-0.15, -0.1) is 0 Å². The van der Waals surface area contributed by atoms with E-state index >= 15 is 0 Å². The van der Waals surface area contributed by atoms with Gasteiger partial charge in [0.25, 0.3) is 0 Å². The molecule has 0 aliphatic heterocycles. The summed E-state index contributed by atoms with van der Waals surface area (Å²) in [6.07, 6.45) is 0. The minimum absolute atomic E-state index is 0.0811. The van der Waals surface area contributed by atoms with Gasteiger partial charge in [-0.25, -0.2) is 0 Å². The predicted octanol–water partition coefficient (Wildman–Crippen LogP) is 12.0. The molecule has 0 bridgehead atoms. The second kappa shape index (κ2) is 10.9. The standard InChI is InChI=1S/C40H33BrN2/c1-28-18-20-32(21-19-28)42(30-12-6-4-7-13-30)34-24-29(41)25-35(26-34)43(31-14-8-5-9-15-31)33-22-23-37-36-16-10-11-17-38(36)40(2,3)39(37)27-33/h4-27H,1-3H3. The van der Waals surface area contributed by atoms with E-state index in [0.29, 0.717) is 0 Å². The van der Waals surface area contributed by atoms with Crippen LogP contribution < -0.4 is 9.80 Å². The van der Waals surface area contributed by atoms with Gasteiger partial charge in [-0.2, -0.15) is 0 Å². The minimum Gasteiger partial charge on any atom is -0.310 e. The fourth-order valence-corrected chi connectivity index (χ4v) is 6.86. The van der Waals surface area contributed by atoms with Crippen molar-refractivity contribution in [1.29, 1.82) is 0 Å². The molecule has 0 aromatic heterocycles. The molecule has 7 rings (SSSR count). The molecule has 0 spiro atoms. The molecule has 0 heterocycles. The van der Waals surface area contributed by atoms with Crippen LogP contribution in [0.25, 0.3) is 11.1 Å². The molecule has 0 unspecified atom stereocenters. The van der Waals surface area contributed by atoms with Gasteiger partial charge in [0.15, 0.2) is 0 Å². The van der Waals surface area contributed by atoms with Crippen LogP contribution in [0.2, 0.25) is 0 Å². The molecule has 3 heteroatoms. The summed E-state index contributed by atoms with van der Waals surface area (Å²) in [6, 6.07) is 52.4. The Hall–Kier alpha value is -4.60. The zero-order chi connectivity index (χ0) is 29.6. The lowest BCUT2D eigenvalue weighted by Crippen LogP contribution is -2.17. The number of nitrogens with zero attached hydrogens (tertiary/aromatic N) is 2. The average molecular weight is 622 g/mol. The number of aryl methyl sites for hydroxylation is 1. The molecule has 0 atom stereocenters. The number of fused-ring (bicyclic) bond motifs is 3. The third-order valence-corrected chi connectivity index (χ3v) is 8.99. The van der Waals surface area contributed by atoms with Crippen LogP contribution in [0.5, 0.6) is 0 Å². The number of rotatable bonds is 6. The lowest BCUT2D eigenvalue weighted by atomic mass is 9.82. The summed E-state index contributed by atoms with van der Waals surface area (Å²) in [5.41, 5.74) is 13.2. The van der Waals surface area contributed by atoms with Crippen LogP contribution in [-0.4, -0.2) is 0 Å². The molecule has 0 N–H and O–H groups in total. The second-order valence-electron chi connectivity index (χ2n) is 11.7. The Kier molecular flexibility index (Phi) is 6.91. The number of halogens is 1. The molecule has 0 radical (unpaired) electrons. The first-order valence-corrected chi connectivity index (χ1v) is 15.5. The van der Waals surface area contributed by atoms with E-state index < -0.39 is 0 Å². The first-order valence-electron chi connectivity index (χ1n) is 14.7. The average Bonchev–Trinajstić information content (AvgIpc) is 3.25. The monoisotopic (exact) mass is 620 g/mol. The van der Waals surface area contributed by atoms with Crippen molar-refractivity contribution in [3.63, 3.8) is 0 Å². The summed E-state index contributed by atoms with van der Waals surface area (Å²) < 4.78 is 1.02. The number of para-hydroxylation sites is 2. The van der Waals surface area contributed by atoms with Crippen molar-refractivity contribution in [3.8, 4) is 11.1 Å². The van der Waals surface area contributed by atoms with Gasteiger partial charge >= 0.3 is 0 Å². The van der Waals surface area contributed by atoms with Crippen LogP contribution in [0, 0.1) is 6.92 Å². The highest BCUT2D eigenvalue weighted by atomic mass is 79.9. The maximum atomic E-state index is 3.89. The summed E-state index contributed by atoms with van der Waals surface area (Å²) in [6.45, 7) is 6.80. The minimum atomic E-state index is -0.0811. The molecule has 1 aliphatic carbocycles. The first-order chi connectivity index (χ1) is 20.9. The van der Waals surface area contributed by atoms with E-state index in [4.69, 9.17) is 0 Å². The topological polar surface area (TPSA) is 6.48 Å². The van der Waals surface area contributed by atoms with Crippen molar-refractivity contribution in [1.82, 2.24) is 0 Å². The fourth-order valence-electron chi connectivity index (χ4n) is 6.39. The van der Waals surface area contributed by atoms with Crippen LogP contribution in [-0.2, 0) is 5.41 Å². The Bertz CT molecular complexity index is 1910. The van der Waals surface area contributed by atoms with E-state index in [1.165, 1.54) is 27.8 Å². The molecule has 43 heavy (non-hydrogen) atoms. The highest BCUT2D eigenvalue weighted by molar-refractivity contribution is 9.10. The van der Waals surface area contributed by atoms with Gasteiger partial charge in [-0.1, -0.05) is 114 Å². The van der Waals surface area contributed by atoms with Crippen molar-refractivity contribution in [3.05, 3.63) is 167 Å². The van der Waals surface area contributed by atoms with Crippen LogP contribution in [0.15, 0.2) is 150 Å². The SMILES string of the molecule is Cc1ccc(N(c2ccccc2)c2cc(Br)cc(N(c3ccccc3)c3ccc4c(c3)C(C)(C)c3ccccc3-4)c2)cc1. The highest BCUT2D eigenvalue weighted by Crippen LogP contribution is 2.51. The van der Waals surface area contributed by atoms with Crippen molar-refractivity contribution < 1.29 is 0 Å². The molecule has 2 nitrogen and oxygen atoms in total. The van der Waals surface area contributed by atoms with Crippen molar-refractivity contribution in [2.24, 2.45) is 0 Å². The van der Waals surface area contributed by atoms with E-state index in [9.17, 15) is 0 Å². The number of anilines is 6. The number of hydrogen-bond acceptors (Lipinski definition) is 2. The Morgan fingerprint density at radius 3 is 1.56 bits per heavy atom. The van der Waals surface area contributed by atoms with Crippen molar-refractivity contribution in [2.45, 2.75) is 26.2 Å². The molecular formula is C40H33BrN2. The zero-order valence-electron chi connectivity index (χ0n) is 24.6.